The van der Waals surface area contributed by atoms with Gasteiger partial charge in [0.1, 0.15) is 6.54 Å². The molecule has 20 heavy (non-hydrogen) atoms. The Morgan fingerprint density at radius 3 is 3.05 bits per heavy atom. The van der Waals surface area contributed by atoms with Gasteiger partial charge in [0.15, 0.2) is 0 Å². The van der Waals surface area contributed by atoms with Crippen LogP contribution in [0, 0.1) is 0 Å². The molecule has 1 amide bonds. The van der Waals surface area contributed by atoms with Crippen LogP contribution in [0.1, 0.15) is 36.4 Å². The van der Waals surface area contributed by atoms with Gasteiger partial charge < -0.3 is 11.1 Å². The minimum Gasteiger partial charge on any atom is -0.347 e. The molecule has 0 aliphatic heterocycles. The van der Waals surface area contributed by atoms with E-state index in [0.29, 0.717) is 12.2 Å². The van der Waals surface area contributed by atoms with Crippen molar-refractivity contribution < 1.29 is 4.79 Å². The molecule has 108 valence electrons. The summed E-state index contributed by atoms with van der Waals surface area (Å²) in [4.78, 5) is 13.2. The molecule has 0 radical (unpaired) electrons. The highest BCUT2D eigenvalue weighted by Crippen LogP contribution is 2.23. The quantitative estimate of drug-likeness (QED) is 0.809. The first kappa shape index (κ1) is 14.7. The van der Waals surface area contributed by atoms with E-state index in [1.54, 1.807) is 17.5 Å². The van der Waals surface area contributed by atoms with Crippen molar-refractivity contribution in [3.8, 4) is 0 Å². The van der Waals surface area contributed by atoms with Gasteiger partial charge in [-0.25, -0.2) is 4.68 Å². The van der Waals surface area contributed by atoms with E-state index in [1.165, 1.54) is 9.56 Å². The lowest BCUT2D eigenvalue weighted by molar-refractivity contribution is -0.122. The number of amides is 1. The van der Waals surface area contributed by atoms with Gasteiger partial charge in [-0.1, -0.05) is 24.6 Å². The molecule has 0 aromatic carbocycles. The van der Waals surface area contributed by atoms with Crippen molar-refractivity contribution in [3.63, 3.8) is 0 Å². The van der Waals surface area contributed by atoms with Gasteiger partial charge in [-0.2, -0.15) is 0 Å². The Morgan fingerprint density at radius 2 is 2.45 bits per heavy atom. The first-order chi connectivity index (χ1) is 9.72. The van der Waals surface area contributed by atoms with E-state index in [9.17, 15) is 4.79 Å². The molecule has 6 nitrogen and oxygen atoms in total. The van der Waals surface area contributed by atoms with E-state index in [1.807, 2.05) is 17.5 Å². The Labute approximate surface area is 122 Å². The molecule has 1 unspecified atom stereocenters. The van der Waals surface area contributed by atoms with Crippen LogP contribution in [-0.2, 0) is 17.9 Å². The van der Waals surface area contributed by atoms with Crippen molar-refractivity contribution >= 4 is 17.2 Å². The SMILES string of the molecule is CCCC(NC(=O)Cn1cc(CN)nn1)c1cccs1. The third-order valence-electron chi connectivity index (χ3n) is 2.90. The van der Waals surface area contributed by atoms with Crippen molar-refractivity contribution in [2.24, 2.45) is 5.73 Å². The van der Waals surface area contributed by atoms with Crippen LogP contribution in [0.4, 0.5) is 0 Å². The van der Waals surface area contributed by atoms with E-state index in [0.717, 1.165) is 12.8 Å². The molecule has 0 fully saturated rings. The molecule has 2 aromatic heterocycles. The summed E-state index contributed by atoms with van der Waals surface area (Å²) in [6.45, 7) is 2.60. The number of nitrogens with one attached hydrogen (secondary N) is 1. The summed E-state index contributed by atoms with van der Waals surface area (Å²) in [6, 6.07) is 4.12. The lowest BCUT2D eigenvalue weighted by Gasteiger charge is -2.16. The highest BCUT2D eigenvalue weighted by atomic mass is 32.1. The number of aromatic nitrogens is 3. The Bertz CT molecular complexity index is 537. The van der Waals surface area contributed by atoms with Gasteiger partial charge in [0.25, 0.3) is 0 Å². The number of nitrogens with zero attached hydrogens (tertiary/aromatic N) is 3. The highest BCUT2D eigenvalue weighted by Gasteiger charge is 2.15. The summed E-state index contributed by atoms with van der Waals surface area (Å²) in [7, 11) is 0. The number of thiophene rings is 1. The van der Waals surface area contributed by atoms with Crippen LogP contribution in [-0.4, -0.2) is 20.9 Å². The molecule has 3 N–H and O–H groups in total. The molecule has 2 aromatic rings. The lowest BCUT2D eigenvalue weighted by Crippen LogP contribution is -2.31. The van der Waals surface area contributed by atoms with Crippen molar-refractivity contribution in [3.05, 3.63) is 34.3 Å². The maximum absolute atomic E-state index is 12.1. The van der Waals surface area contributed by atoms with Crippen LogP contribution in [0.25, 0.3) is 0 Å². The standard InChI is InChI=1S/C13H19N5OS/c1-2-4-11(12-5-3-6-20-12)15-13(19)9-18-8-10(7-14)16-17-18/h3,5-6,8,11H,2,4,7,9,14H2,1H3,(H,15,19). The average molecular weight is 293 g/mol. The van der Waals surface area contributed by atoms with Crippen molar-refractivity contribution in [1.82, 2.24) is 20.3 Å². The zero-order valence-corrected chi connectivity index (χ0v) is 12.3. The maximum Gasteiger partial charge on any atom is 0.242 e. The fourth-order valence-electron chi connectivity index (χ4n) is 1.96. The van der Waals surface area contributed by atoms with E-state index >= 15 is 0 Å². The maximum atomic E-state index is 12.1. The molecule has 0 spiro atoms. The van der Waals surface area contributed by atoms with E-state index < -0.39 is 0 Å². The summed E-state index contributed by atoms with van der Waals surface area (Å²) in [5.74, 6) is -0.0645. The predicted molar refractivity (Wildman–Crippen MR) is 78.0 cm³/mol. The molecule has 0 saturated heterocycles. The van der Waals surface area contributed by atoms with Crippen LogP contribution in [0.3, 0.4) is 0 Å². The fourth-order valence-corrected chi connectivity index (χ4v) is 2.77. The summed E-state index contributed by atoms with van der Waals surface area (Å²) >= 11 is 1.66. The molecule has 2 rings (SSSR count). The van der Waals surface area contributed by atoms with Gasteiger partial charge in [-0.3, -0.25) is 4.79 Å². The second-order valence-electron chi connectivity index (χ2n) is 4.54. The molecule has 7 heteroatoms. The lowest BCUT2D eigenvalue weighted by atomic mass is 10.1. The fraction of sp³-hybridized carbons (Fsp3) is 0.462. The van der Waals surface area contributed by atoms with Crippen molar-refractivity contribution in [2.45, 2.75) is 38.9 Å². The first-order valence-electron chi connectivity index (χ1n) is 6.64. The Balaban J connectivity index is 1.94. The number of nitrogens with two attached hydrogens (primary N) is 1. The van der Waals surface area contributed by atoms with Crippen LogP contribution in [0.2, 0.25) is 0 Å². The molecule has 0 aliphatic rings. The van der Waals surface area contributed by atoms with Gasteiger partial charge in [-0.05, 0) is 17.9 Å². The molecule has 1 atom stereocenters. The van der Waals surface area contributed by atoms with E-state index in [2.05, 4.69) is 22.6 Å². The summed E-state index contributed by atoms with van der Waals surface area (Å²) < 4.78 is 1.51. The third-order valence-corrected chi connectivity index (χ3v) is 3.89. The summed E-state index contributed by atoms with van der Waals surface area (Å²) in [5.41, 5.74) is 6.15. The number of carbonyl (C=O) groups excluding carboxylic acids is 1. The van der Waals surface area contributed by atoms with Crippen LogP contribution in [0.5, 0.6) is 0 Å². The number of rotatable bonds is 7. The van der Waals surface area contributed by atoms with E-state index in [-0.39, 0.29) is 18.5 Å². The minimum atomic E-state index is -0.0645. The Hall–Kier alpha value is -1.73. The summed E-state index contributed by atoms with van der Waals surface area (Å²) in [5, 5.41) is 12.8. The normalized spacial score (nSPS) is 12.3. The minimum absolute atomic E-state index is 0.0645. The number of carbonyl (C=O) groups is 1. The zero-order chi connectivity index (χ0) is 14.4. The monoisotopic (exact) mass is 293 g/mol. The van der Waals surface area contributed by atoms with Crippen molar-refractivity contribution in [1.29, 1.82) is 0 Å². The Kier molecular flexibility index (Phi) is 5.25. The van der Waals surface area contributed by atoms with Crippen LogP contribution in [0.15, 0.2) is 23.7 Å². The molecule has 0 bridgehead atoms. The molecular weight excluding hydrogens is 274 g/mol. The molecule has 0 saturated carbocycles. The Morgan fingerprint density at radius 1 is 1.60 bits per heavy atom. The smallest absolute Gasteiger partial charge is 0.242 e. The topological polar surface area (TPSA) is 85.8 Å². The summed E-state index contributed by atoms with van der Waals surface area (Å²) in [6.07, 6.45) is 3.64. The van der Waals surface area contributed by atoms with Crippen LogP contribution >= 0.6 is 11.3 Å². The van der Waals surface area contributed by atoms with Crippen LogP contribution < -0.4 is 11.1 Å². The molecule has 2 heterocycles. The van der Waals surface area contributed by atoms with Gasteiger partial charge in [-0.15, -0.1) is 16.4 Å². The van der Waals surface area contributed by atoms with Crippen molar-refractivity contribution in [2.75, 3.05) is 0 Å². The van der Waals surface area contributed by atoms with Gasteiger partial charge in [0, 0.05) is 11.4 Å². The van der Waals surface area contributed by atoms with Gasteiger partial charge >= 0.3 is 0 Å². The predicted octanol–water partition coefficient (Wildman–Crippen LogP) is 1.46. The third kappa shape index (κ3) is 3.88. The zero-order valence-electron chi connectivity index (χ0n) is 11.5. The highest BCUT2D eigenvalue weighted by molar-refractivity contribution is 7.10. The van der Waals surface area contributed by atoms with E-state index in [4.69, 9.17) is 5.73 Å². The van der Waals surface area contributed by atoms with Gasteiger partial charge in [0.2, 0.25) is 5.91 Å². The average Bonchev–Trinajstić information content (AvgIpc) is 3.09. The number of hydrogen-bond acceptors (Lipinski definition) is 5. The largest absolute Gasteiger partial charge is 0.347 e. The second-order valence-corrected chi connectivity index (χ2v) is 5.52. The molecular formula is C13H19N5OS. The van der Waals surface area contributed by atoms with Gasteiger partial charge in [0.05, 0.1) is 17.9 Å². The number of hydrogen-bond donors (Lipinski definition) is 2. The molecule has 0 aliphatic carbocycles. The first-order valence-corrected chi connectivity index (χ1v) is 7.52. The second kappa shape index (κ2) is 7.16.